The Bertz CT molecular complexity index is 330. The Kier molecular flexibility index (Phi) is 4.37. The normalized spacial score (nSPS) is 40.0. The molecular formula is C15H25NO2S. The summed E-state index contributed by atoms with van der Waals surface area (Å²) in [6.07, 6.45) is 8.50. The molecule has 1 N–H and O–H groups in total. The number of likely N-dealkylation sites (tertiary alicyclic amines) is 1. The molecular weight excluding hydrogens is 258 g/mol. The average Bonchev–Trinajstić information content (AvgIpc) is 2.92. The molecule has 3 aliphatic rings. The van der Waals surface area contributed by atoms with Crippen LogP contribution in [-0.4, -0.2) is 46.1 Å². The maximum absolute atomic E-state index is 11.6. The molecule has 4 atom stereocenters. The summed E-state index contributed by atoms with van der Waals surface area (Å²) in [6, 6.07) is 0.360. The van der Waals surface area contributed by atoms with Crippen molar-refractivity contribution in [2.75, 3.05) is 18.1 Å². The van der Waals surface area contributed by atoms with Crippen molar-refractivity contribution in [3.63, 3.8) is 0 Å². The predicted octanol–water partition coefficient (Wildman–Crippen LogP) is 2.85. The minimum atomic E-state index is -0.588. The van der Waals surface area contributed by atoms with E-state index in [2.05, 4.69) is 4.90 Å². The van der Waals surface area contributed by atoms with Crippen LogP contribution < -0.4 is 0 Å². The smallest absolute Gasteiger partial charge is 0.320 e. The molecule has 1 saturated carbocycles. The Labute approximate surface area is 120 Å². The second-order valence-electron chi connectivity index (χ2n) is 6.47. The molecule has 3 rings (SSSR count). The summed E-state index contributed by atoms with van der Waals surface area (Å²) in [7, 11) is 0. The van der Waals surface area contributed by atoms with Gasteiger partial charge in [-0.05, 0) is 55.4 Å². The number of thioether (sulfide) groups is 1. The zero-order valence-corrected chi connectivity index (χ0v) is 12.4. The summed E-state index contributed by atoms with van der Waals surface area (Å²) in [5.74, 6) is 3.42. The van der Waals surface area contributed by atoms with Crippen molar-refractivity contribution in [3.05, 3.63) is 0 Å². The van der Waals surface area contributed by atoms with E-state index in [1.165, 1.54) is 43.6 Å². The topological polar surface area (TPSA) is 40.5 Å². The zero-order valence-electron chi connectivity index (χ0n) is 11.6. The fourth-order valence-corrected chi connectivity index (χ4v) is 5.56. The van der Waals surface area contributed by atoms with E-state index in [0.29, 0.717) is 6.04 Å². The molecule has 2 heterocycles. The van der Waals surface area contributed by atoms with Gasteiger partial charge in [0.2, 0.25) is 0 Å². The van der Waals surface area contributed by atoms with Crippen LogP contribution in [0.1, 0.15) is 44.9 Å². The van der Waals surface area contributed by atoms with Gasteiger partial charge < -0.3 is 5.11 Å². The molecule has 0 aromatic carbocycles. The molecule has 0 bridgehead atoms. The number of fused-ring (bicyclic) bond motifs is 1. The third-order valence-electron chi connectivity index (χ3n) is 5.28. The van der Waals surface area contributed by atoms with Gasteiger partial charge in [-0.1, -0.05) is 12.8 Å². The number of rotatable bonds is 3. The molecule has 3 fully saturated rings. The minimum absolute atomic E-state index is 0.204. The number of hydrogen-bond donors (Lipinski definition) is 1. The Morgan fingerprint density at radius 3 is 2.74 bits per heavy atom. The molecule has 4 unspecified atom stereocenters. The van der Waals surface area contributed by atoms with Gasteiger partial charge in [0.05, 0.1) is 0 Å². The van der Waals surface area contributed by atoms with E-state index < -0.39 is 5.97 Å². The molecule has 0 spiro atoms. The molecule has 108 valence electrons. The van der Waals surface area contributed by atoms with Gasteiger partial charge in [-0.15, -0.1) is 0 Å². The van der Waals surface area contributed by atoms with Gasteiger partial charge in [0.25, 0.3) is 0 Å². The van der Waals surface area contributed by atoms with Gasteiger partial charge in [0.15, 0.2) is 0 Å². The quantitative estimate of drug-likeness (QED) is 0.864. The number of hydrogen-bond acceptors (Lipinski definition) is 3. The fraction of sp³-hybridized carbons (Fsp3) is 0.933. The van der Waals surface area contributed by atoms with Crippen molar-refractivity contribution in [1.82, 2.24) is 4.90 Å². The van der Waals surface area contributed by atoms with Crippen LogP contribution in [0.4, 0.5) is 0 Å². The molecule has 2 aliphatic heterocycles. The summed E-state index contributed by atoms with van der Waals surface area (Å²) in [4.78, 5) is 14.0. The first kappa shape index (κ1) is 13.7. The second kappa shape index (κ2) is 6.04. The average molecular weight is 283 g/mol. The van der Waals surface area contributed by atoms with Crippen LogP contribution in [0, 0.1) is 11.8 Å². The third-order valence-corrected chi connectivity index (χ3v) is 6.52. The van der Waals surface area contributed by atoms with Crippen LogP contribution in [0.3, 0.4) is 0 Å². The van der Waals surface area contributed by atoms with Crippen molar-refractivity contribution in [2.24, 2.45) is 11.8 Å². The lowest BCUT2D eigenvalue weighted by atomic mass is 9.76. The Hall–Kier alpha value is -0.220. The third kappa shape index (κ3) is 2.94. The number of nitrogens with zero attached hydrogens (tertiary/aromatic N) is 1. The molecule has 0 aromatic rings. The highest BCUT2D eigenvalue weighted by atomic mass is 32.2. The first-order chi connectivity index (χ1) is 9.25. The Morgan fingerprint density at radius 2 is 2.00 bits per heavy atom. The summed E-state index contributed by atoms with van der Waals surface area (Å²) in [6.45, 7) is 1.03. The first-order valence-corrected chi connectivity index (χ1v) is 8.97. The van der Waals surface area contributed by atoms with Crippen molar-refractivity contribution in [3.8, 4) is 0 Å². The lowest BCUT2D eigenvalue weighted by Crippen LogP contribution is -2.56. The molecule has 3 nitrogen and oxygen atoms in total. The SMILES string of the molecule is O=C(O)C1CCC2CCCCC2N1CC1CCSC1. The number of carboxylic acid groups (broad SMARTS) is 1. The van der Waals surface area contributed by atoms with E-state index in [1.54, 1.807) is 0 Å². The maximum Gasteiger partial charge on any atom is 0.320 e. The number of carbonyl (C=O) groups is 1. The van der Waals surface area contributed by atoms with Gasteiger partial charge in [-0.25, -0.2) is 0 Å². The van der Waals surface area contributed by atoms with Crippen LogP contribution in [0.25, 0.3) is 0 Å². The van der Waals surface area contributed by atoms with Crippen LogP contribution >= 0.6 is 11.8 Å². The van der Waals surface area contributed by atoms with Crippen molar-refractivity contribution >= 4 is 17.7 Å². The van der Waals surface area contributed by atoms with Gasteiger partial charge >= 0.3 is 5.97 Å². The molecule has 19 heavy (non-hydrogen) atoms. The summed E-state index contributed by atoms with van der Waals surface area (Å²) < 4.78 is 0. The van der Waals surface area contributed by atoms with E-state index in [9.17, 15) is 9.90 Å². The second-order valence-corrected chi connectivity index (χ2v) is 7.62. The number of piperidine rings is 1. The molecule has 0 radical (unpaired) electrons. The molecule has 0 aromatic heterocycles. The Balaban J connectivity index is 1.73. The molecule has 1 aliphatic carbocycles. The van der Waals surface area contributed by atoms with Crippen LogP contribution in [0.5, 0.6) is 0 Å². The molecule has 0 amide bonds. The van der Waals surface area contributed by atoms with Gasteiger partial charge in [0, 0.05) is 12.6 Å². The summed E-state index contributed by atoms with van der Waals surface area (Å²) in [5, 5.41) is 9.53. The standard InChI is InChI=1S/C15H25NO2S/c17-15(18)14-6-5-12-3-1-2-4-13(12)16(14)9-11-7-8-19-10-11/h11-14H,1-10H2,(H,17,18). The maximum atomic E-state index is 11.6. The largest absolute Gasteiger partial charge is 0.480 e. The lowest BCUT2D eigenvalue weighted by molar-refractivity contribution is -0.148. The predicted molar refractivity (Wildman–Crippen MR) is 78.5 cm³/mol. The van der Waals surface area contributed by atoms with Crippen molar-refractivity contribution in [1.29, 1.82) is 0 Å². The number of carboxylic acids is 1. The lowest BCUT2D eigenvalue weighted by Gasteiger charge is -2.48. The highest BCUT2D eigenvalue weighted by Crippen LogP contribution is 2.39. The van der Waals surface area contributed by atoms with Crippen LogP contribution in [0.2, 0.25) is 0 Å². The molecule has 2 saturated heterocycles. The zero-order chi connectivity index (χ0) is 13.2. The van der Waals surface area contributed by atoms with Crippen LogP contribution in [-0.2, 0) is 4.79 Å². The monoisotopic (exact) mass is 283 g/mol. The van der Waals surface area contributed by atoms with E-state index in [1.807, 2.05) is 11.8 Å². The highest BCUT2D eigenvalue weighted by Gasteiger charge is 2.42. The molecule has 4 heteroatoms. The first-order valence-electron chi connectivity index (χ1n) is 7.82. The highest BCUT2D eigenvalue weighted by molar-refractivity contribution is 7.99. The van der Waals surface area contributed by atoms with Gasteiger partial charge in [0.1, 0.15) is 6.04 Å². The van der Waals surface area contributed by atoms with Crippen molar-refractivity contribution < 1.29 is 9.90 Å². The Morgan fingerprint density at radius 1 is 1.16 bits per heavy atom. The summed E-state index contributed by atoms with van der Waals surface area (Å²) in [5.41, 5.74) is 0. The van der Waals surface area contributed by atoms with Crippen LogP contribution in [0.15, 0.2) is 0 Å². The van der Waals surface area contributed by atoms with Gasteiger partial charge in [-0.3, -0.25) is 9.69 Å². The summed E-state index contributed by atoms with van der Waals surface area (Å²) >= 11 is 2.04. The van der Waals surface area contributed by atoms with Gasteiger partial charge in [-0.2, -0.15) is 11.8 Å². The fourth-order valence-electron chi connectivity index (χ4n) is 4.28. The van der Waals surface area contributed by atoms with E-state index >= 15 is 0 Å². The number of aliphatic carboxylic acids is 1. The minimum Gasteiger partial charge on any atom is -0.480 e. The van der Waals surface area contributed by atoms with Crippen molar-refractivity contribution in [2.45, 2.75) is 57.0 Å². The van der Waals surface area contributed by atoms with E-state index in [-0.39, 0.29) is 6.04 Å². The van der Waals surface area contributed by atoms with E-state index in [4.69, 9.17) is 0 Å². The van der Waals surface area contributed by atoms with E-state index in [0.717, 1.165) is 31.2 Å².